The fraction of sp³-hybridized carbons (Fsp3) is 1.00. The number of aliphatic hydroxyl groups excluding tert-OH is 1. The number of hydrogen-bond donors (Lipinski definition) is 4. The van der Waals surface area contributed by atoms with E-state index in [2.05, 4.69) is 10.6 Å². The van der Waals surface area contributed by atoms with E-state index in [9.17, 15) is 13.5 Å². The molecule has 1 heterocycles. The summed E-state index contributed by atoms with van der Waals surface area (Å²) in [6.45, 7) is 3.64. The molecule has 1 aliphatic heterocycles. The molecule has 90 valence electrons. The topological polar surface area (TPSA) is 98.7 Å². The molecule has 0 aromatic rings. The van der Waals surface area contributed by atoms with E-state index in [0.29, 0.717) is 6.54 Å². The van der Waals surface area contributed by atoms with Gasteiger partial charge in [-0.05, 0) is 13.3 Å². The van der Waals surface area contributed by atoms with Crippen LogP contribution in [0.3, 0.4) is 0 Å². The zero-order chi connectivity index (χ0) is 11.5. The zero-order valence-corrected chi connectivity index (χ0v) is 9.50. The Morgan fingerprint density at radius 3 is 2.53 bits per heavy atom. The number of piperazine rings is 1. The van der Waals surface area contributed by atoms with E-state index in [0.717, 1.165) is 13.1 Å². The Balaban J connectivity index is 2.58. The summed E-state index contributed by atoms with van der Waals surface area (Å²) in [5.41, 5.74) is 0. The molecule has 1 aliphatic rings. The highest BCUT2D eigenvalue weighted by molar-refractivity contribution is 7.86. The highest BCUT2D eigenvalue weighted by Gasteiger charge is 2.31. The molecule has 0 aliphatic carbocycles. The second kappa shape index (κ2) is 5.22. The maximum atomic E-state index is 11.0. The lowest BCUT2D eigenvalue weighted by Gasteiger charge is -2.28. The number of nitrogens with one attached hydrogen (secondary N) is 2. The first-order valence-electron chi connectivity index (χ1n) is 4.99. The summed E-state index contributed by atoms with van der Waals surface area (Å²) in [6.07, 6.45) is -0.854. The summed E-state index contributed by atoms with van der Waals surface area (Å²) in [4.78, 5) is 0. The lowest BCUT2D eigenvalue weighted by molar-refractivity contribution is 0.172. The van der Waals surface area contributed by atoms with Gasteiger partial charge in [0.15, 0.2) is 0 Å². The van der Waals surface area contributed by atoms with Gasteiger partial charge in [0.05, 0.1) is 6.10 Å². The van der Waals surface area contributed by atoms with Crippen molar-refractivity contribution in [3.63, 3.8) is 0 Å². The molecule has 1 fully saturated rings. The maximum absolute atomic E-state index is 11.0. The van der Waals surface area contributed by atoms with Crippen molar-refractivity contribution >= 4 is 10.1 Å². The van der Waals surface area contributed by atoms with Gasteiger partial charge in [-0.1, -0.05) is 0 Å². The van der Waals surface area contributed by atoms with Gasteiger partial charge in [-0.2, -0.15) is 8.42 Å². The standard InChI is InChI=1S/C8H18N2O4S/c1-6(11)8(15(12,13)14)4-7-5-9-2-3-10-7/h6-11H,2-5H2,1H3,(H,12,13,14). The molecule has 1 rings (SSSR count). The van der Waals surface area contributed by atoms with E-state index in [-0.39, 0.29) is 12.5 Å². The predicted molar refractivity (Wildman–Crippen MR) is 56.3 cm³/mol. The van der Waals surface area contributed by atoms with E-state index < -0.39 is 21.5 Å². The van der Waals surface area contributed by atoms with Crippen LogP contribution in [0.5, 0.6) is 0 Å². The molecule has 0 amide bonds. The summed E-state index contributed by atoms with van der Waals surface area (Å²) < 4.78 is 30.9. The van der Waals surface area contributed by atoms with Gasteiger partial charge in [-0.25, -0.2) is 0 Å². The normalized spacial score (nSPS) is 27.3. The predicted octanol–water partition coefficient (Wildman–Crippen LogP) is -1.42. The minimum atomic E-state index is -4.18. The third-order valence-electron chi connectivity index (χ3n) is 2.56. The minimum Gasteiger partial charge on any atom is -0.392 e. The van der Waals surface area contributed by atoms with E-state index in [1.54, 1.807) is 0 Å². The van der Waals surface area contributed by atoms with Crippen LogP contribution in [-0.4, -0.2) is 55.1 Å². The Hall–Kier alpha value is -0.210. The van der Waals surface area contributed by atoms with Gasteiger partial charge in [-0.15, -0.1) is 0 Å². The van der Waals surface area contributed by atoms with Gasteiger partial charge in [0.1, 0.15) is 5.25 Å². The highest BCUT2D eigenvalue weighted by atomic mass is 32.2. The van der Waals surface area contributed by atoms with Crippen LogP contribution in [0.4, 0.5) is 0 Å². The second-order valence-electron chi connectivity index (χ2n) is 3.88. The van der Waals surface area contributed by atoms with Crippen LogP contribution in [0.2, 0.25) is 0 Å². The number of aliphatic hydroxyl groups is 1. The summed E-state index contributed by atoms with van der Waals surface area (Å²) in [7, 11) is -4.18. The van der Waals surface area contributed by atoms with Crippen LogP contribution < -0.4 is 10.6 Å². The Bertz CT molecular complexity index is 285. The van der Waals surface area contributed by atoms with Crippen molar-refractivity contribution in [1.82, 2.24) is 10.6 Å². The molecule has 0 aromatic carbocycles. The molecule has 4 N–H and O–H groups in total. The van der Waals surface area contributed by atoms with Gasteiger partial charge in [-0.3, -0.25) is 4.55 Å². The van der Waals surface area contributed by atoms with E-state index in [1.807, 2.05) is 0 Å². The van der Waals surface area contributed by atoms with Crippen LogP contribution in [0.1, 0.15) is 13.3 Å². The van der Waals surface area contributed by atoms with Crippen LogP contribution >= 0.6 is 0 Å². The van der Waals surface area contributed by atoms with Crippen LogP contribution in [0, 0.1) is 0 Å². The highest BCUT2D eigenvalue weighted by Crippen LogP contribution is 2.12. The maximum Gasteiger partial charge on any atom is 0.270 e. The number of rotatable bonds is 4. The van der Waals surface area contributed by atoms with Crippen molar-refractivity contribution in [2.75, 3.05) is 19.6 Å². The van der Waals surface area contributed by atoms with E-state index >= 15 is 0 Å². The molecule has 0 radical (unpaired) electrons. The van der Waals surface area contributed by atoms with Crippen LogP contribution in [0.25, 0.3) is 0 Å². The van der Waals surface area contributed by atoms with Crippen molar-refractivity contribution in [2.45, 2.75) is 30.7 Å². The second-order valence-corrected chi connectivity index (χ2v) is 5.52. The van der Waals surface area contributed by atoms with Gasteiger partial charge in [0, 0.05) is 25.7 Å². The summed E-state index contributed by atoms with van der Waals surface area (Å²) in [5, 5.41) is 14.4. The molecule has 15 heavy (non-hydrogen) atoms. The molecule has 0 spiro atoms. The first kappa shape index (κ1) is 12.9. The van der Waals surface area contributed by atoms with E-state index in [4.69, 9.17) is 4.55 Å². The minimum absolute atomic E-state index is 0.0275. The molecule has 3 atom stereocenters. The van der Waals surface area contributed by atoms with Crippen molar-refractivity contribution in [1.29, 1.82) is 0 Å². The average Bonchev–Trinajstić information content (AvgIpc) is 2.13. The first-order valence-corrected chi connectivity index (χ1v) is 6.50. The molecule has 0 bridgehead atoms. The lowest BCUT2D eigenvalue weighted by Crippen LogP contribution is -2.51. The van der Waals surface area contributed by atoms with Crippen LogP contribution in [0.15, 0.2) is 0 Å². The number of hydrogen-bond acceptors (Lipinski definition) is 5. The lowest BCUT2D eigenvalue weighted by atomic mass is 10.1. The molecule has 7 heteroatoms. The van der Waals surface area contributed by atoms with E-state index in [1.165, 1.54) is 6.92 Å². The molecular weight excluding hydrogens is 220 g/mol. The van der Waals surface area contributed by atoms with Crippen molar-refractivity contribution in [2.24, 2.45) is 0 Å². The SMILES string of the molecule is CC(O)C(CC1CNCCN1)S(=O)(=O)O. The van der Waals surface area contributed by atoms with Crippen molar-refractivity contribution in [3.8, 4) is 0 Å². The fourth-order valence-electron chi connectivity index (χ4n) is 1.73. The third-order valence-corrected chi connectivity index (χ3v) is 3.91. The smallest absolute Gasteiger partial charge is 0.270 e. The Morgan fingerprint density at radius 1 is 1.47 bits per heavy atom. The molecule has 0 saturated carbocycles. The van der Waals surface area contributed by atoms with Gasteiger partial charge in [0.25, 0.3) is 10.1 Å². The van der Waals surface area contributed by atoms with Gasteiger partial charge in [0.2, 0.25) is 0 Å². The third kappa shape index (κ3) is 4.04. The van der Waals surface area contributed by atoms with Gasteiger partial charge < -0.3 is 15.7 Å². The molecule has 1 saturated heterocycles. The van der Waals surface area contributed by atoms with Gasteiger partial charge >= 0.3 is 0 Å². The Kier molecular flexibility index (Phi) is 4.47. The quantitative estimate of drug-likeness (QED) is 0.448. The fourth-order valence-corrected chi connectivity index (χ4v) is 2.70. The molecular formula is C8H18N2O4S. The first-order chi connectivity index (χ1) is 6.91. The molecule has 6 nitrogen and oxygen atoms in total. The summed E-state index contributed by atoms with van der Waals surface area (Å²) >= 11 is 0. The Morgan fingerprint density at radius 2 is 2.13 bits per heavy atom. The van der Waals surface area contributed by atoms with Crippen LogP contribution in [-0.2, 0) is 10.1 Å². The molecule has 3 unspecified atom stereocenters. The zero-order valence-electron chi connectivity index (χ0n) is 8.68. The van der Waals surface area contributed by atoms with Crippen molar-refractivity contribution < 1.29 is 18.1 Å². The monoisotopic (exact) mass is 238 g/mol. The largest absolute Gasteiger partial charge is 0.392 e. The van der Waals surface area contributed by atoms with Crippen molar-refractivity contribution in [3.05, 3.63) is 0 Å². The summed E-state index contributed by atoms with van der Waals surface area (Å²) in [6, 6.07) is -0.0275. The Labute approximate surface area is 89.8 Å². The summed E-state index contributed by atoms with van der Waals surface area (Å²) in [5.74, 6) is 0. The molecule has 0 aromatic heterocycles. The average molecular weight is 238 g/mol.